The summed E-state index contributed by atoms with van der Waals surface area (Å²) >= 11 is 6.15. The van der Waals surface area contributed by atoms with E-state index in [9.17, 15) is 4.79 Å². The van der Waals surface area contributed by atoms with E-state index in [0.29, 0.717) is 15.0 Å². The Morgan fingerprint density at radius 1 is 1.46 bits per heavy atom. The molecule has 0 aliphatic rings. The van der Waals surface area contributed by atoms with Crippen LogP contribution in [0.3, 0.4) is 0 Å². The Morgan fingerprint density at radius 3 is 2.62 bits per heavy atom. The molecule has 0 amide bonds. The standard InChI is InChI=1S/C10H11ClOSe/c1-8(12)10(11)7-13-9-5-3-2-4-6-9/h2-6,10H,7H2,1H3. The zero-order chi connectivity index (χ0) is 9.68. The van der Waals surface area contributed by atoms with Crippen LogP contribution in [0.1, 0.15) is 6.92 Å². The molecule has 0 aliphatic carbocycles. The van der Waals surface area contributed by atoms with Crippen LogP contribution in [0.4, 0.5) is 0 Å². The van der Waals surface area contributed by atoms with Crippen LogP contribution >= 0.6 is 11.6 Å². The van der Waals surface area contributed by atoms with Gasteiger partial charge in [0.2, 0.25) is 0 Å². The number of halogens is 1. The second-order valence-corrected chi connectivity index (χ2v) is 5.52. The van der Waals surface area contributed by atoms with E-state index in [1.807, 2.05) is 18.2 Å². The minimum atomic E-state index is -0.305. The van der Waals surface area contributed by atoms with Crippen LogP contribution < -0.4 is 4.46 Å². The Kier molecular flexibility index (Phi) is 4.51. The average Bonchev–Trinajstić information content (AvgIpc) is 2.15. The molecule has 0 radical (unpaired) electrons. The Balaban J connectivity index is 2.39. The molecule has 1 aromatic rings. The molecule has 1 aromatic carbocycles. The normalized spacial score (nSPS) is 12.5. The Hall–Kier alpha value is -0.301. The Bertz CT molecular complexity index is 274. The second-order valence-electron chi connectivity index (χ2n) is 2.70. The monoisotopic (exact) mass is 262 g/mol. The first-order valence-corrected chi connectivity index (χ1v) is 6.53. The summed E-state index contributed by atoms with van der Waals surface area (Å²) in [6.45, 7) is 1.54. The molecule has 1 nitrogen and oxygen atoms in total. The summed E-state index contributed by atoms with van der Waals surface area (Å²) in [6.07, 6.45) is 0. The molecule has 1 rings (SSSR count). The number of rotatable bonds is 4. The third-order valence-corrected chi connectivity index (χ3v) is 4.78. The summed E-state index contributed by atoms with van der Waals surface area (Å²) in [4.78, 5) is 10.8. The number of hydrogen-bond donors (Lipinski definition) is 0. The Labute approximate surface area is 89.6 Å². The molecule has 0 saturated heterocycles. The first-order valence-electron chi connectivity index (χ1n) is 4.02. The van der Waals surface area contributed by atoms with E-state index >= 15 is 0 Å². The van der Waals surface area contributed by atoms with Crippen LogP contribution in [0.15, 0.2) is 30.3 Å². The number of carbonyl (C=O) groups is 1. The van der Waals surface area contributed by atoms with Gasteiger partial charge in [0.1, 0.15) is 0 Å². The number of carbonyl (C=O) groups excluding carboxylic acids is 1. The van der Waals surface area contributed by atoms with Crippen molar-refractivity contribution >= 4 is 36.8 Å². The molecule has 0 bridgehead atoms. The van der Waals surface area contributed by atoms with Gasteiger partial charge in [-0.2, -0.15) is 0 Å². The van der Waals surface area contributed by atoms with Gasteiger partial charge < -0.3 is 0 Å². The van der Waals surface area contributed by atoms with Crippen molar-refractivity contribution in [1.82, 2.24) is 0 Å². The fourth-order valence-corrected chi connectivity index (χ4v) is 3.07. The number of hydrogen-bond acceptors (Lipinski definition) is 1. The topological polar surface area (TPSA) is 17.1 Å². The van der Waals surface area contributed by atoms with Gasteiger partial charge in [-0.1, -0.05) is 0 Å². The van der Waals surface area contributed by atoms with Crippen molar-refractivity contribution in [3.05, 3.63) is 30.3 Å². The molecule has 1 unspecified atom stereocenters. The fourth-order valence-electron chi connectivity index (χ4n) is 0.803. The van der Waals surface area contributed by atoms with Gasteiger partial charge in [-0.05, 0) is 0 Å². The summed E-state index contributed by atoms with van der Waals surface area (Å²) in [5.41, 5.74) is 0. The van der Waals surface area contributed by atoms with Gasteiger partial charge >= 0.3 is 89.5 Å². The molecule has 0 aliphatic heterocycles. The predicted molar refractivity (Wildman–Crippen MR) is 57.0 cm³/mol. The van der Waals surface area contributed by atoms with Gasteiger partial charge in [-0.25, -0.2) is 0 Å². The summed E-state index contributed by atoms with van der Waals surface area (Å²) < 4.78 is 1.29. The minimum absolute atomic E-state index is 0.0690. The van der Waals surface area contributed by atoms with Crippen molar-refractivity contribution in [2.24, 2.45) is 0 Å². The number of Topliss-reactive ketones (excluding diaryl/α,β-unsaturated/α-hetero) is 1. The molecule has 70 valence electrons. The first kappa shape index (κ1) is 10.8. The number of alkyl halides is 1. The van der Waals surface area contributed by atoms with E-state index in [4.69, 9.17) is 11.6 Å². The zero-order valence-corrected chi connectivity index (χ0v) is 9.83. The molecule has 0 spiro atoms. The van der Waals surface area contributed by atoms with Crippen molar-refractivity contribution in [2.75, 3.05) is 0 Å². The molecule has 0 fully saturated rings. The van der Waals surface area contributed by atoms with Gasteiger partial charge in [0.15, 0.2) is 0 Å². The Morgan fingerprint density at radius 2 is 2.08 bits per heavy atom. The van der Waals surface area contributed by atoms with E-state index < -0.39 is 0 Å². The van der Waals surface area contributed by atoms with Gasteiger partial charge in [0.05, 0.1) is 0 Å². The van der Waals surface area contributed by atoms with E-state index in [0.717, 1.165) is 5.32 Å². The van der Waals surface area contributed by atoms with Crippen LogP contribution in [0.25, 0.3) is 0 Å². The molecule has 0 aromatic heterocycles. The molecule has 0 saturated carbocycles. The van der Waals surface area contributed by atoms with E-state index in [1.54, 1.807) is 6.92 Å². The van der Waals surface area contributed by atoms with Crippen LogP contribution in [-0.4, -0.2) is 26.1 Å². The third-order valence-electron chi connectivity index (χ3n) is 1.58. The number of ketones is 1. The van der Waals surface area contributed by atoms with Crippen molar-refractivity contribution in [1.29, 1.82) is 0 Å². The molecular formula is C10H11ClOSe. The molecule has 13 heavy (non-hydrogen) atoms. The summed E-state index contributed by atoms with van der Waals surface area (Å²) in [5, 5.41) is 0.480. The fraction of sp³-hybridized carbons (Fsp3) is 0.300. The van der Waals surface area contributed by atoms with E-state index in [-0.39, 0.29) is 11.2 Å². The molecule has 3 heteroatoms. The predicted octanol–water partition coefficient (Wildman–Crippen LogP) is 1.63. The van der Waals surface area contributed by atoms with Crippen LogP contribution in [-0.2, 0) is 4.79 Å². The summed E-state index contributed by atoms with van der Waals surface area (Å²) in [5.74, 6) is 0.0690. The number of benzene rings is 1. The second kappa shape index (κ2) is 5.43. The molecular weight excluding hydrogens is 251 g/mol. The van der Waals surface area contributed by atoms with Gasteiger partial charge in [0.25, 0.3) is 0 Å². The van der Waals surface area contributed by atoms with Gasteiger partial charge in [-0.15, -0.1) is 0 Å². The van der Waals surface area contributed by atoms with E-state index in [1.165, 1.54) is 4.46 Å². The van der Waals surface area contributed by atoms with Crippen molar-refractivity contribution in [3.63, 3.8) is 0 Å². The van der Waals surface area contributed by atoms with Crippen molar-refractivity contribution < 1.29 is 4.79 Å². The van der Waals surface area contributed by atoms with E-state index in [2.05, 4.69) is 12.1 Å². The third kappa shape index (κ3) is 3.95. The van der Waals surface area contributed by atoms with Crippen LogP contribution in [0.5, 0.6) is 0 Å². The molecule has 0 heterocycles. The quantitative estimate of drug-likeness (QED) is 0.595. The zero-order valence-electron chi connectivity index (χ0n) is 7.37. The van der Waals surface area contributed by atoms with Crippen molar-refractivity contribution in [2.45, 2.75) is 17.6 Å². The molecule has 0 N–H and O–H groups in total. The summed E-state index contributed by atoms with van der Waals surface area (Å²) in [7, 11) is 0. The van der Waals surface area contributed by atoms with Gasteiger partial charge in [-0.3, -0.25) is 0 Å². The maximum atomic E-state index is 10.8. The maximum absolute atomic E-state index is 10.8. The average molecular weight is 262 g/mol. The molecule has 1 atom stereocenters. The van der Waals surface area contributed by atoms with Crippen molar-refractivity contribution in [3.8, 4) is 0 Å². The van der Waals surface area contributed by atoms with Crippen LogP contribution in [0, 0.1) is 0 Å². The summed E-state index contributed by atoms with van der Waals surface area (Å²) in [6, 6.07) is 10.2. The first-order chi connectivity index (χ1) is 6.20. The van der Waals surface area contributed by atoms with Crippen LogP contribution in [0.2, 0.25) is 5.32 Å². The van der Waals surface area contributed by atoms with Gasteiger partial charge in [0, 0.05) is 0 Å². The SMILES string of the molecule is CC(=O)C(Cl)C[Se]c1ccccc1.